The number of anilines is 2. The van der Waals surface area contributed by atoms with Crippen molar-refractivity contribution in [3.05, 3.63) is 53.7 Å². The van der Waals surface area contributed by atoms with E-state index in [1.807, 2.05) is 4.90 Å². The quantitative estimate of drug-likeness (QED) is 0.612. The number of cyclic esters (lactones) is 1. The summed E-state index contributed by atoms with van der Waals surface area (Å²) in [6.07, 6.45) is 0.615. The van der Waals surface area contributed by atoms with Crippen molar-refractivity contribution in [3.8, 4) is 5.88 Å². The third kappa shape index (κ3) is 3.80. The van der Waals surface area contributed by atoms with Gasteiger partial charge in [-0.2, -0.15) is 0 Å². The van der Waals surface area contributed by atoms with Gasteiger partial charge in [-0.25, -0.2) is 18.6 Å². The summed E-state index contributed by atoms with van der Waals surface area (Å²) >= 11 is 0. The molecule has 8 nitrogen and oxygen atoms in total. The molecule has 172 valence electrons. The van der Waals surface area contributed by atoms with E-state index in [0.29, 0.717) is 46.9 Å². The molecule has 2 aliphatic heterocycles. The van der Waals surface area contributed by atoms with Gasteiger partial charge in [-0.1, -0.05) is 6.07 Å². The van der Waals surface area contributed by atoms with Gasteiger partial charge in [0.25, 0.3) is 0 Å². The molecule has 1 amide bonds. The summed E-state index contributed by atoms with van der Waals surface area (Å²) in [5.74, 6) is -0.583. The Balaban J connectivity index is 1.55. The topological polar surface area (TPSA) is 79.8 Å². The molecule has 0 radical (unpaired) electrons. The highest BCUT2D eigenvalue weighted by molar-refractivity contribution is 5.91. The molecular formula is C23H23F2N5O3. The second-order valence-electron chi connectivity index (χ2n) is 8.17. The first-order valence-electron chi connectivity index (χ1n) is 10.6. The lowest BCUT2D eigenvalue weighted by molar-refractivity contribution is 0.178. The van der Waals surface area contributed by atoms with Crippen LogP contribution in [0.25, 0.3) is 11.0 Å². The number of nitrogens with zero attached hydrogens (tertiary/aromatic N) is 4. The Bertz CT molecular complexity index is 1220. The second kappa shape index (κ2) is 8.43. The van der Waals surface area contributed by atoms with Crippen LogP contribution in [0, 0.1) is 18.6 Å². The molecule has 5 rings (SSSR count). The molecule has 0 spiro atoms. The summed E-state index contributed by atoms with van der Waals surface area (Å²) in [5.41, 5.74) is 2.08. The normalized spacial score (nSPS) is 18.4. The van der Waals surface area contributed by atoms with E-state index in [1.54, 1.807) is 31.2 Å². The molecule has 3 aromatic rings. The van der Waals surface area contributed by atoms with Crippen molar-refractivity contribution in [2.24, 2.45) is 0 Å². The SMILES string of the molecule is COc1ccc2ncc(F)c(N(C[C@H]3COC(=O)N3c3ccc(C)c(F)c3)C3CNC3)c2n1. The van der Waals surface area contributed by atoms with Crippen molar-refractivity contribution in [2.45, 2.75) is 19.0 Å². The predicted octanol–water partition coefficient (Wildman–Crippen LogP) is 3.03. The van der Waals surface area contributed by atoms with Gasteiger partial charge in [0.2, 0.25) is 5.88 Å². The first-order chi connectivity index (χ1) is 16.0. The number of halogens is 2. The van der Waals surface area contributed by atoms with E-state index in [-0.39, 0.29) is 19.2 Å². The Morgan fingerprint density at radius 3 is 2.76 bits per heavy atom. The summed E-state index contributed by atoms with van der Waals surface area (Å²) in [5, 5.41) is 3.21. The molecule has 2 fully saturated rings. The highest BCUT2D eigenvalue weighted by Crippen LogP contribution is 2.33. The molecule has 0 saturated carbocycles. The lowest BCUT2D eigenvalue weighted by Gasteiger charge is -2.42. The smallest absolute Gasteiger partial charge is 0.414 e. The Kier molecular flexibility index (Phi) is 5.45. The summed E-state index contributed by atoms with van der Waals surface area (Å²) in [4.78, 5) is 24.5. The number of aryl methyl sites for hydroxylation is 1. The maximum absolute atomic E-state index is 15.2. The third-order valence-electron chi connectivity index (χ3n) is 6.12. The maximum Gasteiger partial charge on any atom is 0.414 e. The minimum Gasteiger partial charge on any atom is -0.481 e. The fraction of sp³-hybridized carbons (Fsp3) is 0.348. The number of rotatable bonds is 6. The molecule has 1 aromatic carbocycles. The van der Waals surface area contributed by atoms with E-state index in [4.69, 9.17) is 9.47 Å². The number of carbonyl (C=O) groups is 1. The van der Waals surface area contributed by atoms with Crippen LogP contribution in [0.5, 0.6) is 5.88 Å². The average molecular weight is 455 g/mol. The number of amides is 1. The highest BCUT2D eigenvalue weighted by Gasteiger charge is 2.39. The van der Waals surface area contributed by atoms with Crippen LogP contribution in [0.3, 0.4) is 0 Å². The van der Waals surface area contributed by atoms with Gasteiger partial charge in [-0.3, -0.25) is 9.88 Å². The monoisotopic (exact) mass is 455 g/mol. The van der Waals surface area contributed by atoms with Crippen LogP contribution in [0.2, 0.25) is 0 Å². The van der Waals surface area contributed by atoms with Crippen LogP contribution in [0.4, 0.5) is 25.0 Å². The third-order valence-corrected chi connectivity index (χ3v) is 6.12. The lowest BCUT2D eigenvalue weighted by Crippen LogP contribution is -2.60. The van der Waals surface area contributed by atoms with Crippen molar-refractivity contribution >= 4 is 28.5 Å². The van der Waals surface area contributed by atoms with Crippen LogP contribution in [-0.4, -0.2) is 61.5 Å². The zero-order valence-corrected chi connectivity index (χ0v) is 18.2. The number of hydrogen-bond acceptors (Lipinski definition) is 7. The Morgan fingerprint density at radius 1 is 1.24 bits per heavy atom. The molecule has 33 heavy (non-hydrogen) atoms. The first kappa shape index (κ1) is 21.3. The second-order valence-corrected chi connectivity index (χ2v) is 8.17. The van der Waals surface area contributed by atoms with Gasteiger partial charge in [0.05, 0.1) is 36.6 Å². The number of pyridine rings is 2. The van der Waals surface area contributed by atoms with Crippen LogP contribution in [0.1, 0.15) is 5.56 Å². The van der Waals surface area contributed by atoms with E-state index < -0.39 is 23.8 Å². The van der Waals surface area contributed by atoms with Crippen LogP contribution < -0.4 is 19.9 Å². The Labute approximate surface area is 189 Å². The largest absolute Gasteiger partial charge is 0.481 e. The summed E-state index contributed by atoms with van der Waals surface area (Å²) in [7, 11) is 1.49. The van der Waals surface area contributed by atoms with Crippen molar-refractivity contribution in [1.29, 1.82) is 0 Å². The zero-order valence-electron chi connectivity index (χ0n) is 18.2. The van der Waals surface area contributed by atoms with Crippen LogP contribution in [-0.2, 0) is 4.74 Å². The molecule has 10 heteroatoms. The van der Waals surface area contributed by atoms with E-state index in [0.717, 1.165) is 0 Å². The zero-order chi connectivity index (χ0) is 23.1. The molecule has 4 heterocycles. The van der Waals surface area contributed by atoms with Gasteiger partial charge < -0.3 is 19.7 Å². The lowest BCUT2D eigenvalue weighted by atomic mass is 10.1. The van der Waals surface area contributed by atoms with Gasteiger partial charge >= 0.3 is 6.09 Å². The molecule has 0 aliphatic carbocycles. The van der Waals surface area contributed by atoms with Crippen LogP contribution in [0.15, 0.2) is 36.5 Å². The molecule has 1 N–H and O–H groups in total. The molecule has 2 saturated heterocycles. The fourth-order valence-corrected chi connectivity index (χ4v) is 4.19. The number of fused-ring (bicyclic) bond motifs is 1. The Hall–Kier alpha value is -3.53. The number of hydrogen-bond donors (Lipinski definition) is 1. The minimum atomic E-state index is -0.560. The van der Waals surface area contributed by atoms with Crippen molar-refractivity contribution in [2.75, 3.05) is 43.2 Å². The van der Waals surface area contributed by atoms with Crippen molar-refractivity contribution in [3.63, 3.8) is 0 Å². The number of benzene rings is 1. The van der Waals surface area contributed by atoms with Crippen molar-refractivity contribution in [1.82, 2.24) is 15.3 Å². The van der Waals surface area contributed by atoms with Crippen LogP contribution >= 0.6 is 0 Å². The van der Waals surface area contributed by atoms with E-state index in [2.05, 4.69) is 15.3 Å². The summed E-state index contributed by atoms with van der Waals surface area (Å²) < 4.78 is 40.0. The van der Waals surface area contributed by atoms with E-state index >= 15 is 4.39 Å². The molecule has 0 unspecified atom stereocenters. The number of nitrogens with one attached hydrogen (secondary N) is 1. The summed E-state index contributed by atoms with van der Waals surface area (Å²) in [6, 6.07) is 7.54. The van der Waals surface area contributed by atoms with Gasteiger partial charge in [-0.05, 0) is 30.7 Å². The fourth-order valence-electron chi connectivity index (χ4n) is 4.19. The molecule has 2 aliphatic rings. The van der Waals surface area contributed by atoms with Gasteiger partial charge in [0.1, 0.15) is 23.6 Å². The predicted molar refractivity (Wildman–Crippen MR) is 119 cm³/mol. The number of aromatic nitrogens is 2. The average Bonchev–Trinajstić information content (AvgIpc) is 3.13. The van der Waals surface area contributed by atoms with Crippen molar-refractivity contribution < 1.29 is 23.0 Å². The molecular weight excluding hydrogens is 432 g/mol. The van der Waals surface area contributed by atoms with E-state index in [9.17, 15) is 9.18 Å². The number of methoxy groups -OCH3 is 1. The molecule has 1 atom stereocenters. The molecule has 0 bridgehead atoms. The first-order valence-corrected chi connectivity index (χ1v) is 10.6. The van der Waals surface area contributed by atoms with Gasteiger partial charge in [0.15, 0.2) is 5.82 Å². The number of ether oxygens (including phenoxy) is 2. The van der Waals surface area contributed by atoms with E-state index in [1.165, 1.54) is 24.3 Å². The minimum absolute atomic E-state index is 0.0228. The Morgan fingerprint density at radius 2 is 2.06 bits per heavy atom. The molecule has 2 aromatic heterocycles. The maximum atomic E-state index is 15.2. The number of carbonyl (C=O) groups excluding carboxylic acids is 1. The van der Waals surface area contributed by atoms with Gasteiger partial charge in [0, 0.05) is 25.7 Å². The standard InChI is InChI=1S/C23H23F2N5O3/c1-13-3-4-14(7-17(13)24)30-16(12-33-23(30)31)11-29(15-8-26-9-15)22-18(25)10-27-19-5-6-20(32-2)28-21(19)22/h3-7,10,15-16,26H,8-9,11-12H2,1-2H3/t16-/m0/s1. The highest BCUT2D eigenvalue weighted by atomic mass is 19.1. The summed E-state index contributed by atoms with van der Waals surface area (Å²) in [6.45, 7) is 3.32. The van der Waals surface area contributed by atoms with Gasteiger partial charge in [-0.15, -0.1) is 0 Å².